The number of anilines is 1. The summed E-state index contributed by atoms with van der Waals surface area (Å²) in [6.45, 7) is 6.49. The highest BCUT2D eigenvalue weighted by Crippen LogP contribution is 2.25. The molecule has 6 heteroatoms. The molecule has 2 aliphatic heterocycles. The normalized spacial score (nSPS) is 19.2. The Morgan fingerprint density at radius 3 is 2.64 bits per heavy atom. The van der Waals surface area contributed by atoms with Crippen molar-refractivity contribution in [2.24, 2.45) is 5.92 Å². The Bertz CT molecular complexity index is 885. The van der Waals surface area contributed by atoms with Gasteiger partial charge in [0.1, 0.15) is 0 Å². The molecule has 2 amide bonds. The average Bonchev–Trinajstić information content (AvgIpc) is 3.09. The number of carbonyl (C=O) groups is 2. The third-order valence-corrected chi connectivity index (χ3v) is 5.78. The molecule has 6 nitrogen and oxygen atoms in total. The molecule has 1 aromatic heterocycles. The van der Waals surface area contributed by atoms with Gasteiger partial charge in [-0.1, -0.05) is 24.6 Å². The molecule has 1 N–H and O–H groups in total. The van der Waals surface area contributed by atoms with Crippen LogP contribution in [0.25, 0.3) is 0 Å². The Morgan fingerprint density at radius 1 is 1.11 bits per heavy atom. The SMILES string of the molecule is Cc1ccc(NC(=O)c2nc(C(=O)N3CCCC(C)C3)n3c2CCCC3)cc1. The quantitative estimate of drug-likeness (QED) is 0.884. The molecule has 0 bridgehead atoms. The van der Waals surface area contributed by atoms with Crippen LogP contribution in [0.1, 0.15) is 65.0 Å². The van der Waals surface area contributed by atoms with E-state index in [9.17, 15) is 9.59 Å². The predicted molar refractivity (Wildman–Crippen MR) is 109 cm³/mol. The molecule has 1 fully saturated rings. The number of amides is 2. The van der Waals surface area contributed by atoms with Gasteiger partial charge >= 0.3 is 0 Å². The van der Waals surface area contributed by atoms with E-state index in [1.807, 2.05) is 40.7 Å². The summed E-state index contributed by atoms with van der Waals surface area (Å²) in [6.07, 6.45) is 5.01. The lowest BCUT2D eigenvalue weighted by atomic mass is 10.0. The fourth-order valence-corrected chi connectivity index (χ4v) is 4.23. The number of hydrogen-bond acceptors (Lipinski definition) is 3. The number of nitrogens with one attached hydrogen (secondary N) is 1. The van der Waals surface area contributed by atoms with E-state index in [-0.39, 0.29) is 11.8 Å². The number of aryl methyl sites for hydroxylation is 1. The Hall–Kier alpha value is -2.63. The van der Waals surface area contributed by atoms with E-state index in [1.54, 1.807) is 0 Å². The van der Waals surface area contributed by atoms with Gasteiger partial charge in [0.2, 0.25) is 0 Å². The van der Waals surface area contributed by atoms with Gasteiger partial charge in [0.15, 0.2) is 11.5 Å². The zero-order chi connectivity index (χ0) is 19.7. The first-order valence-electron chi connectivity index (χ1n) is 10.3. The molecule has 0 aliphatic carbocycles. The Morgan fingerprint density at radius 2 is 1.89 bits per heavy atom. The van der Waals surface area contributed by atoms with Crippen LogP contribution in [-0.4, -0.2) is 39.4 Å². The van der Waals surface area contributed by atoms with Crippen LogP contribution >= 0.6 is 0 Å². The summed E-state index contributed by atoms with van der Waals surface area (Å²) in [6, 6.07) is 7.70. The monoisotopic (exact) mass is 380 g/mol. The van der Waals surface area contributed by atoms with Crippen molar-refractivity contribution < 1.29 is 9.59 Å². The van der Waals surface area contributed by atoms with Gasteiger partial charge in [0.25, 0.3) is 11.8 Å². The summed E-state index contributed by atoms with van der Waals surface area (Å²) in [5, 5.41) is 2.93. The van der Waals surface area contributed by atoms with Crippen LogP contribution in [0.4, 0.5) is 5.69 Å². The van der Waals surface area contributed by atoms with E-state index in [2.05, 4.69) is 17.2 Å². The molecular weight excluding hydrogens is 352 g/mol. The van der Waals surface area contributed by atoms with Gasteiger partial charge in [-0.2, -0.15) is 0 Å². The number of rotatable bonds is 3. The summed E-state index contributed by atoms with van der Waals surface area (Å²) >= 11 is 0. The smallest absolute Gasteiger partial charge is 0.289 e. The average molecular weight is 380 g/mol. The zero-order valence-electron chi connectivity index (χ0n) is 16.7. The highest BCUT2D eigenvalue weighted by Gasteiger charge is 2.31. The maximum absolute atomic E-state index is 13.2. The molecule has 1 unspecified atom stereocenters. The fourth-order valence-electron chi connectivity index (χ4n) is 4.23. The Kier molecular flexibility index (Phi) is 5.20. The molecule has 0 saturated carbocycles. The first-order chi connectivity index (χ1) is 13.5. The highest BCUT2D eigenvalue weighted by atomic mass is 16.2. The van der Waals surface area contributed by atoms with Gasteiger partial charge in [-0.05, 0) is 57.1 Å². The van der Waals surface area contributed by atoms with Crippen LogP contribution < -0.4 is 5.32 Å². The van der Waals surface area contributed by atoms with Gasteiger partial charge in [0, 0.05) is 25.3 Å². The predicted octanol–water partition coefficient (Wildman–Crippen LogP) is 3.65. The van der Waals surface area contributed by atoms with Gasteiger partial charge in [-0.3, -0.25) is 9.59 Å². The molecule has 0 radical (unpaired) electrons. The standard InChI is InChI=1S/C22H28N4O2/c1-15-8-10-17(11-9-15)23-21(27)19-18-7-3-4-13-26(18)20(24-19)22(28)25-12-5-6-16(2)14-25/h8-11,16H,3-7,12-14H2,1-2H3,(H,23,27). The molecule has 28 heavy (non-hydrogen) atoms. The van der Waals surface area contributed by atoms with Crippen molar-refractivity contribution in [1.82, 2.24) is 14.5 Å². The number of hydrogen-bond donors (Lipinski definition) is 1. The zero-order valence-corrected chi connectivity index (χ0v) is 16.7. The molecule has 2 aromatic rings. The van der Waals surface area contributed by atoms with Gasteiger partial charge in [0.05, 0.1) is 5.69 Å². The van der Waals surface area contributed by atoms with E-state index in [0.717, 1.165) is 68.7 Å². The number of aromatic nitrogens is 2. The van der Waals surface area contributed by atoms with E-state index in [4.69, 9.17) is 0 Å². The lowest BCUT2D eigenvalue weighted by Crippen LogP contribution is -2.40. The van der Waals surface area contributed by atoms with E-state index in [1.165, 1.54) is 0 Å². The molecule has 4 rings (SSSR count). The van der Waals surface area contributed by atoms with Crippen molar-refractivity contribution in [2.75, 3.05) is 18.4 Å². The molecule has 1 aromatic carbocycles. The second-order valence-electron chi connectivity index (χ2n) is 8.16. The third kappa shape index (κ3) is 3.68. The lowest BCUT2D eigenvalue weighted by Gasteiger charge is -2.31. The Balaban J connectivity index is 1.62. The molecule has 1 saturated heterocycles. The largest absolute Gasteiger partial charge is 0.336 e. The van der Waals surface area contributed by atoms with Crippen molar-refractivity contribution in [3.63, 3.8) is 0 Å². The van der Waals surface area contributed by atoms with Crippen LogP contribution in [0, 0.1) is 12.8 Å². The minimum atomic E-state index is -0.236. The number of benzene rings is 1. The summed E-state index contributed by atoms with van der Waals surface area (Å²) in [7, 11) is 0. The number of fused-ring (bicyclic) bond motifs is 1. The molecule has 2 aliphatic rings. The van der Waals surface area contributed by atoms with Crippen LogP contribution in [-0.2, 0) is 13.0 Å². The van der Waals surface area contributed by atoms with Crippen LogP contribution in [0.2, 0.25) is 0 Å². The highest BCUT2D eigenvalue weighted by molar-refractivity contribution is 6.05. The van der Waals surface area contributed by atoms with Crippen molar-refractivity contribution in [3.05, 3.63) is 47.0 Å². The maximum atomic E-state index is 13.2. The number of imidazole rings is 1. The second kappa shape index (κ2) is 7.78. The molecule has 1 atom stereocenters. The minimum Gasteiger partial charge on any atom is -0.336 e. The van der Waals surface area contributed by atoms with E-state index in [0.29, 0.717) is 17.4 Å². The van der Waals surface area contributed by atoms with Gasteiger partial charge < -0.3 is 14.8 Å². The lowest BCUT2D eigenvalue weighted by molar-refractivity contribution is 0.0664. The summed E-state index contributed by atoms with van der Waals surface area (Å²) in [5.41, 5.74) is 3.17. The summed E-state index contributed by atoms with van der Waals surface area (Å²) in [5.74, 6) is 0.667. The van der Waals surface area contributed by atoms with E-state index < -0.39 is 0 Å². The second-order valence-corrected chi connectivity index (χ2v) is 8.16. The number of likely N-dealkylation sites (tertiary alicyclic amines) is 1. The summed E-state index contributed by atoms with van der Waals surface area (Å²) < 4.78 is 1.98. The van der Waals surface area contributed by atoms with Crippen LogP contribution in [0.15, 0.2) is 24.3 Å². The summed E-state index contributed by atoms with van der Waals surface area (Å²) in [4.78, 5) is 32.6. The van der Waals surface area contributed by atoms with E-state index >= 15 is 0 Å². The van der Waals surface area contributed by atoms with Crippen LogP contribution in [0.3, 0.4) is 0 Å². The number of nitrogens with zero attached hydrogens (tertiary/aromatic N) is 3. The molecule has 0 spiro atoms. The van der Waals surface area contributed by atoms with Crippen molar-refractivity contribution in [2.45, 2.75) is 52.5 Å². The molecule has 148 valence electrons. The van der Waals surface area contributed by atoms with Gasteiger partial charge in [-0.25, -0.2) is 4.98 Å². The van der Waals surface area contributed by atoms with Crippen LogP contribution in [0.5, 0.6) is 0 Å². The minimum absolute atomic E-state index is 0.0379. The van der Waals surface area contributed by atoms with Crippen molar-refractivity contribution in [3.8, 4) is 0 Å². The van der Waals surface area contributed by atoms with Crippen molar-refractivity contribution in [1.29, 1.82) is 0 Å². The first kappa shape index (κ1) is 18.7. The molecular formula is C22H28N4O2. The Labute approximate surface area is 165 Å². The molecule has 3 heterocycles. The number of piperidine rings is 1. The third-order valence-electron chi connectivity index (χ3n) is 5.78. The topological polar surface area (TPSA) is 67.2 Å². The first-order valence-corrected chi connectivity index (χ1v) is 10.3. The fraction of sp³-hybridized carbons (Fsp3) is 0.500. The maximum Gasteiger partial charge on any atom is 0.289 e. The number of carbonyl (C=O) groups excluding carboxylic acids is 2. The van der Waals surface area contributed by atoms with Crippen molar-refractivity contribution >= 4 is 17.5 Å². The van der Waals surface area contributed by atoms with Gasteiger partial charge in [-0.15, -0.1) is 0 Å².